The maximum Gasteiger partial charge on any atom is 0.125 e. The van der Waals surface area contributed by atoms with E-state index in [1.54, 1.807) is 0 Å². The number of rotatable bonds is 0. The molecule has 7 aromatic carbocycles. The molecule has 0 unspecified atom stereocenters. The van der Waals surface area contributed by atoms with Gasteiger partial charge in [0.2, 0.25) is 0 Å². The summed E-state index contributed by atoms with van der Waals surface area (Å²) < 4.78 is 0. The van der Waals surface area contributed by atoms with Gasteiger partial charge in [0, 0.05) is 98.2 Å². The van der Waals surface area contributed by atoms with Crippen LogP contribution in [-0.2, 0) is 0 Å². The van der Waals surface area contributed by atoms with E-state index in [-0.39, 0.29) is 0 Å². The lowest BCUT2D eigenvalue weighted by atomic mass is 10.1. The van der Waals surface area contributed by atoms with Crippen LogP contribution in [0.1, 0.15) is 233 Å². The first-order chi connectivity index (χ1) is 51.6. The Bertz CT molecular complexity index is 3650. The molecule has 14 aromatic rings. The molecule has 0 aliphatic rings. The quantitative estimate of drug-likeness (QED) is 0.148. The molecule has 0 spiro atoms. The zero-order valence-electron chi connectivity index (χ0n) is 72.7. The monoisotopic (exact) mass is 1420 g/mol. The number of hydrogen-bond acceptors (Lipinski definition) is 8. The lowest BCUT2D eigenvalue weighted by Crippen LogP contribution is -1.86. The van der Waals surface area contributed by atoms with Crippen LogP contribution in [0.25, 0.3) is 75.9 Å². The van der Waals surface area contributed by atoms with Crippen LogP contribution in [0, 0.1) is 48.5 Å². The number of pyridine rings is 6. The van der Waals surface area contributed by atoms with Crippen LogP contribution >= 0.6 is 0 Å². The lowest BCUT2D eigenvalue weighted by molar-refractivity contribution is 1.09. The molecule has 0 amide bonds. The number of nitrogens with zero attached hydrogens (tertiary/aromatic N) is 8. The van der Waals surface area contributed by atoms with Crippen LogP contribution in [0.2, 0.25) is 0 Å². The fourth-order valence-corrected chi connectivity index (χ4v) is 8.38. The summed E-state index contributed by atoms with van der Waals surface area (Å²) in [5.74, 6) is 0.823. The van der Waals surface area contributed by atoms with Gasteiger partial charge >= 0.3 is 0 Å². The minimum absolute atomic E-state index is 0.823. The van der Waals surface area contributed by atoms with Crippen molar-refractivity contribution >= 4 is 75.9 Å². The Morgan fingerprint density at radius 3 is 1.14 bits per heavy atom. The summed E-state index contributed by atoms with van der Waals surface area (Å²) in [4.78, 5) is 33.8. The number of fused-ring (bicyclic) bond motifs is 7. The first kappa shape index (κ1) is 109. The second-order valence-corrected chi connectivity index (χ2v) is 18.4. The van der Waals surface area contributed by atoms with Gasteiger partial charge in [-0.05, 0) is 136 Å². The molecular weight excluding hydrogens is 1280 g/mol. The summed E-state index contributed by atoms with van der Waals surface area (Å²) in [6.07, 6.45) is 13.1. The van der Waals surface area contributed by atoms with Gasteiger partial charge < -0.3 is 0 Å². The fourth-order valence-electron chi connectivity index (χ4n) is 8.38. The van der Waals surface area contributed by atoms with E-state index in [1.807, 2.05) is 392 Å². The number of aromatic nitrogens is 8. The highest BCUT2D eigenvalue weighted by Gasteiger charge is 1.98. The van der Waals surface area contributed by atoms with E-state index in [9.17, 15) is 0 Å². The lowest BCUT2D eigenvalue weighted by Gasteiger charge is -1.98. The number of aryl methyl sites for hydroxylation is 7. The van der Waals surface area contributed by atoms with Gasteiger partial charge in [0.05, 0.1) is 22.1 Å². The third-order valence-electron chi connectivity index (χ3n) is 12.4. The molecule has 7 aromatic heterocycles. The zero-order chi connectivity index (χ0) is 81.8. The molecule has 0 saturated heterocycles. The van der Waals surface area contributed by atoms with Crippen molar-refractivity contribution in [2.24, 2.45) is 0 Å². The summed E-state index contributed by atoms with van der Waals surface area (Å²) in [7, 11) is 0. The third-order valence-corrected chi connectivity index (χ3v) is 12.4. The van der Waals surface area contributed by atoms with Gasteiger partial charge in [-0.25, -0.2) is 9.97 Å². The van der Waals surface area contributed by atoms with Crippen molar-refractivity contribution in [1.29, 1.82) is 0 Å². The second kappa shape index (κ2) is 78.5. The Labute approximate surface area is 643 Å². The van der Waals surface area contributed by atoms with Crippen molar-refractivity contribution in [3.8, 4) is 0 Å². The molecular formula is C97H146N8. The Balaban J connectivity index is -0.000000202. The predicted molar refractivity (Wildman–Crippen MR) is 482 cm³/mol. The molecule has 0 saturated carbocycles. The van der Waals surface area contributed by atoms with E-state index in [0.717, 1.165) is 50.4 Å². The summed E-state index contributed by atoms with van der Waals surface area (Å²) in [6.45, 7) is 70.2. The molecule has 0 aliphatic heterocycles. The van der Waals surface area contributed by atoms with Crippen molar-refractivity contribution in [3.05, 3.63) is 289 Å². The van der Waals surface area contributed by atoms with Crippen molar-refractivity contribution in [1.82, 2.24) is 39.9 Å². The Kier molecular flexibility index (Phi) is 81.3. The van der Waals surface area contributed by atoms with E-state index in [0.29, 0.717) is 0 Å². The molecule has 0 N–H and O–H groups in total. The topological polar surface area (TPSA) is 103 Å². The normalized spacial score (nSPS) is 8.33. The van der Waals surface area contributed by atoms with Crippen LogP contribution in [0.3, 0.4) is 0 Å². The van der Waals surface area contributed by atoms with Gasteiger partial charge in [-0.2, -0.15) is 0 Å². The van der Waals surface area contributed by atoms with Gasteiger partial charge in [0.25, 0.3) is 0 Å². The molecule has 8 heteroatoms. The zero-order valence-corrected chi connectivity index (χ0v) is 72.7. The second-order valence-electron chi connectivity index (χ2n) is 18.4. The van der Waals surface area contributed by atoms with Gasteiger partial charge in [-0.1, -0.05) is 346 Å². The third kappa shape index (κ3) is 45.2. The average molecular weight is 1420 g/mol. The highest BCUT2D eigenvalue weighted by Crippen LogP contribution is 2.18. The summed E-state index contributed by atoms with van der Waals surface area (Å²) in [6, 6.07) is 69.6. The Morgan fingerprint density at radius 1 is 0.210 bits per heavy atom. The Morgan fingerprint density at radius 2 is 0.619 bits per heavy atom. The predicted octanol–water partition coefficient (Wildman–Crippen LogP) is 31.6. The molecule has 105 heavy (non-hydrogen) atoms. The molecule has 574 valence electrons. The van der Waals surface area contributed by atoms with Crippen LogP contribution in [0.5, 0.6) is 0 Å². The SMILES string of the molecule is CC.CC.CC.CC.CC.CC.CC.CC.CC.CC.CC.CC.CC.CC.Cc1cc2ccccc2cn1.Cc1ccc2ccccc2n1.Cc1ccnc2ccccc12.Cc1cnc2ccccc2c1.Cc1cncc2ccccc12.Cc1ncc2ccccc2n1.Cc1nccc2ccccc12. The Hall–Kier alpha value is -9.66. The molecule has 7 heterocycles. The first-order valence-electron chi connectivity index (χ1n) is 39.6. The average Bonchev–Trinajstić information content (AvgIpc) is 1.01. The van der Waals surface area contributed by atoms with E-state index in [2.05, 4.69) is 140 Å². The van der Waals surface area contributed by atoms with Crippen LogP contribution in [0.4, 0.5) is 0 Å². The molecule has 14 rings (SSSR count). The van der Waals surface area contributed by atoms with E-state index >= 15 is 0 Å². The molecule has 0 fully saturated rings. The van der Waals surface area contributed by atoms with Crippen LogP contribution in [-0.4, -0.2) is 39.9 Å². The van der Waals surface area contributed by atoms with Crippen molar-refractivity contribution in [2.45, 2.75) is 242 Å². The maximum absolute atomic E-state index is 4.38. The summed E-state index contributed by atoms with van der Waals surface area (Å²) in [5.41, 5.74) is 11.2. The van der Waals surface area contributed by atoms with Gasteiger partial charge in [0.1, 0.15) is 5.82 Å². The first-order valence-corrected chi connectivity index (χ1v) is 39.6. The minimum atomic E-state index is 0.823. The minimum Gasteiger partial charge on any atom is -0.264 e. The molecule has 0 atom stereocenters. The summed E-state index contributed by atoms with van der Waals surface area (Å²) in [5, 5.41) is 12.3. The van der Waals surface area contributed by atoms with E-state index in [4.69, 9.17) is 0 Å². The standard InChI is InChI=1S/6C10H9N.C9H8N2.14C2H6/c1-8-6-11-7-9-4-2-3-5-10(8)9;1-8-6-9-4-2-3-5-10(9)7-11-8;1-8-6-9-4-2-3-5-10(9)11-7-8;1-8-10-5-3-2-4-9(10)6-7-11-8;1-8-6-7-11-10-5-3-2-4-9(8)10;1-8-6-7-9-4-2-3-5-10(9)11-8;1-7-10-6-8-4-2-3-5-9(8)11-7;14*1-2/h6*2-7H,1H3;2-6H,1H3;14*1-2H3. The van der Waals surface area contributed by atoms with Crippen LogP contribution < -0.4 is 0 Å². The van der Waals surface area contributed by atoms with Crippen LogP contribution in [0.15, 0.2) is 250 Å². The molecule has 0 bridgehead atoms. The fraction of sp³-hybridized carbons (Fsp3) is 0.361. The van der Waals surface area contributed by atoms with E-state index < -0.39 is 0 Å². The molecule has 0 aliphatic carbocycles. The van der Waals surface area contributed by atoms with Gasteiger partial charge in [0.15, 0.2) is 0 Å². The highest BCUT2D eigenvalue weighted by molar-refractivity contribution is 5.86. The smallest absolute Gasteiger partial charge is 0.125 e. The highest BCUT2D eigenvalue weighted by atomic mass is 14.9. The van der Waals surface area contributed by atoms with Crippen molar-refractivity contribution in [3.63, 3.8) is 0 Å². The number of hydrogen-bond donors (Lipinski definition) is 0. The van der Waals surface area contributed by atoms with Gasteiger partial charge in [-0.15, -0.1) is 0 Å². The van der Waals surface area contributed by atoms with Crippen molar-refractivity contribution < 1.29 is 0 Å². The number of para-hydroxylation sites is 4. The van der Waals surface area contributed by atoms with Gasteiger partial charge in [-0.3, -0.25) is 29.9 Å². The molecule has 8 nitrogen and oxygen atoms in total. The number of benzene rings is 7. The van der Waals surface area contributed by atoms with Crippen molar-refractivity contribution in [2.75, 3.05) is 0 Å². The van der Waals surface area contributed by atoms with E-state index in [1.165, 1.54) is 65.2 Å². The maximum atomic E-state index is 4.38. The summed E-state index contributed by atoms with van der Waals surface area (Å²) >= 11 is 0. The molecule has 0 radical (unpaired) electrons. The largest absolute Gasteiger partial charge is 0.264 e.